The second-order valence-electron chi connectivity index (χ2n) is 5.40. The van der Waals surface area contributed by atoms with Gasteiger partial charge in [0.15, 0.2) is 5.13 Å². The third kappa shape index (κ3) is 2.87. The fourth-order valence-electron chi connectivity index (χ4n) is 2.63. The van der Waals surface area contributed by atoms with Crippen molar-refractivity contribution in [3.8, 4) is 0 Å². The molecule has 21 heavy (non-hydrogen) atoms. The molecule has 3 N–H and O–H groups in total. The number of hydrogen-bond donors (Lipinski definition) is 2. The Kier molecular flexibility index (Phi) is 4.07. The van der Waals surface area contributed by atoms with Crippen molar-refractivity contribution in [2.45, 2.75) is 31.7 Å². The van der Waals surface area contributed by atoms with Crippen LogP contribution in [0.5, 0.6) is 0 Å². The number of benzene rings is 1. The molecular formula is C15H19N3O2S. The summed E-state index contributed by atoms with van der Waals surface area (Å²) in [6.07, 6.45) is 3.93. The van der Waals surface area contributed by atoms with Crippen LogP contribution in [0.4, 0.5) is 5.13 Å². The number of nitrogens with two attached hydrogens (primary N) is 1. The van der Waals surface area contributed by atoms with E-state index in [4.69, 9.17) is 10.8 Å². The molecule has 5 nitrogen and oxygen atoms in total. The molecule has 1 fully saturated rings. The minimum absolute atomic E-state index is 0.0435. The number of nitrogens with zero attached hydrogens (tertiary/aromatic N) is 2. The molecule has 0 unspecified atom stereocenters. The Morgan fingerprint density at radius 1 is 1.48 bits per heavy atom. The third-order valence-electron chi connectivity index (χ3n) is 3.99. The zero-order chi connectivity index (χ0) is 14.8. The lowest BCUT2D eigenvalue weighted by Gasteiger charge is -2.37. The van der Waals surface area contributed by atoms with Crippen molar-refractivity contribution >= 4 is 32.6 Å². The summed E-state index contributed by atoms with van der Waals surface area (Å²) in [7, 11) is 0. The van der Waals surface area contributed by atoms with Crippen molar-refractivity contribution in [2.75, 3.05) is 18.9 Å². The monoisotopic (exact) mass is 305 g/mol. The van der Waals surface area contributed by atoms with E-state index < -0.39 is 0 Å². The summed E-state index contributed by atoms with van der Waals surface area (Å²) >= 11 is 1.40. The summed E-state index contributed by atoms with van der Waals surface area (Å²) in [6.45, 7) is 0.726. The van der Waals surface area contributed by atoms with Gasteiger partial charge in [0.25, 0.3) is 5.91 Å². The fourth-order valence-corrected chi connectivity index (χ4v) is 3.40. The maximum atomic E-state index is 12.7. The zero-order valence-corrected chi connectivity index (χ0v) is 12.6. The van der Waals surface area contributed by atoms with Crippen molar-refractivity contribution in [3.05, 3.63) is 23.8 Å². The van der Waals surface area contributed by atoms with Crippen LogP contribution in [-0.4, -0.2) is 40.1 Å². The molecule has 1 aromatic heterocycles. The maximum absolute atomic E-state index is 12.7. The lowest BCUT2D eigenvalue weighted by molar-refractivity contribution is 0.0562. The number of hydrogen-bond acceptors (Lipinski definition) is 5. The predicted octanol–water partition coefficient (Wildman–Crippen LogP) is 2.26. The standard InChI is InChI=1S/C15H19N3O2S/c16-15-17-12-6-5-10(9-13(12)21-15)14(20)18(7-2-8-19)11-3-1-4-11/h5-6,9,11,19H,1-4,7-8H2,(H2,16,17). The number of rotatable bonds is 5. The Morgan fingerprint density at radius 3 is 2.95 bits per heavy atom. The van der Waals surface area contributed by atoms with Crippen molar-refractivity contribution < 1.29 is 9.90 Å². The highest BCUT2D eigenvalue weighted by molar-refractivity contribution is 7.22. The Balaban J connectivity index is 1.85. The van der Waals surface area contributed by atoms with E-state index in [9.17, 15) is 4.79 Å². The zero-order valence-electron chi connectivity index (χ0n) is 11.8. The van der Waals surface area contributed by atoms with Gasteiger partial charge in [0.2, 0.25) is 0 Å². The predicted molar refractivity (Wildman–Crippen MR) is 84.4 cm³/mol. The lowest BCUT2D eigenvalue weighted by atomic mass is 9.90. The molecule has 1 amide bonds. The van der Waals surface area contributed by atoms with Crippen molar-refractivity contribution in [1.82, 2.24) is 9.88 Å². The van der Waals surface area contributed by atoms with Gasteiger partial charge in [0.1, 0.15) is 0 Å². The van der Waals surface area contributed by atoms with Gasteiger partial charge < -0.3 is 15.7 Å². The number of carbonyl (C=O) groups excluding carboxylic acids is 1. The van der Waals surface area contributed by atoms with Crippen LogP contribution in [0.3, 0.4) is 0 Å². The van der Waals surface area contributed by atoms with Gasteiger partial charge in [-0.05, 0) is 43.9 Å². The molecule has 0 saturated heterocycles. The molecule has 0 bridgehead atoms. The van der Waals surface area contributed by atoms with Crippen LogP contribution >= 0.6 is 11.3 Å². The molecule has 2 aromatic rings. The number of amides is 1. The third-order valence-corrected chi connectivity index (χ3v) is 4.83. The van der Waals surface area contributed by atoms with E-state index in [0.29, 0.717) is 29.7 Å². The first-order chi connectivity index (χ1) is 10.2. The molecule has 0 spiro atoms. The van der Waals surface area contributed by atoms with Crippen LogP contribution in [0.2, 0.25) is 0 Å². The number of fused-ring (bicyclic) bond motifs is 1. The number of aliphatic hydroxyl groups excluding tert-OH is 1. The van der Waals surface area contributed by atoms with Crippen molar-refractivity contribution in [3.63, 3.8) is 0 Å². The van der Waals surface area contributed by atoms with E-state index in [0.717, 1.165) is 23.1 Å². The molecule has 1 heterocycles. The van der Waals surface area contributed by atoms with E-state index >= 15 is 0 Å². The Hall–Kier alpha value is -1.66. The van der Waals surface area contributed by atoms with E-state index in [1.54, 1.807) is 0 Å². The quantitative estimate of drug-likeness (QED) is 0.888. The highest BCUT2D eigenvalue weighted by Crippen LogP contribution is 2.28. The summed E-state index contributed by atoms with van der Waals surface area (Å²) in [5, 5.41) is 9.54. The highest BCUT2D eigenvalue weighted by atomic mass is 32.1. The number of anilines is 1. The molecule has 0 aliphatic heterocycles. The summed E-state index contributed by atoms with van der Waals surface area (Å²) in [6, 6.07) is 5.86. The normalized spacial score (nSPS) is 15.1. The molecule has 1 aliphatic carbocycles. The van der Waals surface area contributed by atoms with Gasteiger partial charge in [-0.1, -0.05) is 11.3 Å². The average Bonchev–Trinajstić information content (AvgIpc) is 2.79. The smallest absolute Gasteiger partial charge is 0.254 e. The minimum atomic E-state index is 0.0435. The number of carbonyl (C=O) groups is 1. The topological polar surface area (TPSA) is 79.5 Å². The summed E-state index contributed by atoms with van der Waals surface area (Å²) in [5.41, 5.74) is 7.22. The molecule has 1 aromatic carbocycles. The van der Waals surface area contributed by atoms with Gasteiger partial charge in [-0.15, -0.1) is 0 Å². The number of aromatic nitrogens is 1. The first-order valence-corrected chi connectivity index (χ1v) is 8.08. The summed E-state index contributed by atoms with van der Waals surface area (Å²) in [5.74, 6) is 0.0435. The number of nitrogen functional groups attached to an aromatic ring is 1. The molecule has 112 valence electrons. The van der Waals surface area contributed by atoms with Crippen molar-refractivity contribution in [2.24, 2.45) is 0 Å². The largest absolute Gasteiger partial charge is 0.396 e. The first-order valence-electron chi connectivity index (χ1n) is 7.27. The molecule has 0 radical (unpaired) electrons. The molecule has 3 rings (SSSR count). The van der Waals surface area contributed by atoms with E-state index in [1.165, 1.54) is 17.8 Å². The van der Waals surface area contributed by atoms with E-state index in [2.05, 4.69) is 4.98 Å². The van der Waals surface area contributed by atoms with E-state index in [-0.39, 0.29) is 12.5 Å². The Bertz CT molecular complexity index is 651. The van der Waals surface area contributed by atoms with Crippen LogP contribution in [-0.2, 0) is 0 Å². The molecular weight excluding hydrogens is 286 g/mol. The van der Waals surface area contributed by atoms with Gasteiger partial charge in [0.05, 0.1) is 10.2 Å². The molecule has 0 atom stereocenters. The van der Waals surface area contributed by atoms with Gasteiger partial charge in [0, 0.05) is 24.8 Å². The van der Waals surface area contributed by atoms with Crippen molar-refractivity contribution in [1.29, 1.82) is 0 Å². The number of thiazole rings is 1. The van der Waals surface area contributed by atoms with Crippen LogP contribution in [0, 0.1) is 0 Å². The molecule has 1 saturated carbocycles. The van der Waals surface area contributed by atoms with Gasteiger partial charge >= 0.3 is 0 Å². The van der Waals surface area contributed by atoms with Gasteiger partial charge in [-0.3, -0.25) is 4.79 Å². The molecule has 6 heteroatoms. The lowest BCUT2D eigenvalue weighted by Crippen LogP contribution is -2.44. The average molecular weight is 305 g/mol. The number of aliphatic hydroxyl groups is 1. The van der Waals surface area contributed by atoms with Gasteiger partial charge in [-0.25, -0.2) is 4.98 Å². The Labute approximate surface area is 127 Å². The second-order valence-corrected chi connectivity index (χ2v) is 6.46. The first kappa shape index (κ1) is 14.3. The summed E-state index contributed by atoms with van der Waals surface area (Å²) < 4.78 is 0.939. The van der Waals surface area contributed by atoms with Crippen LogP contribution in [0.25, 0.3) is 10.2 Å². The van der Waals surface area contributed by atoms with E-state index in [1.807, 2.05) is 23.1 Å². The SMILES string of the molecule is Nc1nc2ccc(C(=O)N(CCCO)C3CCC3)cc2s1. The van der Waals surface area contributed by atoms with Crippen LogP contribution in [0.15, 0.2) is 18.2 Å². The van der Waals surface area contributed by atoms with Crippen LogP contribution < -0.4 is 5.73 Å². The molecule has 1 aliphatic rings. The summed E-state index contributed by atoms with van der Waals surface area (Å²) in [4.78, 5) is 18.8. The fraction of sp³-hybridized carbons (Fsp3) is 0.467. The highest BCUT2D eigenvalue weighted by Gasteiger charge is 2.29. The maximum Gasteiger partial charge on any atom is 0.254 e. The van der Waals surface area contributed by atoms with Crippen LogP contribution in [0.1, 0.15) is 36.0 Å². The Morgan fingerprint density at radius 2 is 2.29 bits per heavy atom. The van der Waals surface area contributed by atoms with Gasteiger partial charge in [-0.2, -0.15) is 0 Å². The second kappa shape index (κ2) is 5.99. The minimum Gasteiger partial charge on any atom is -0.396 e.